The lowest BCUT2D eigenvalue weighted by atomic mass is 9.94. The topological polar surface area (TPSA) is 17.1 Å². The maximum atomic E-state index is 12.1. The predicted octanol–water partition coefficient (Wildman–Crippen LogP) is 3.61. The first-order chi connectivity index (χ1) is 7.74. The summed E-state index contributed by atoms with van der Waals surface area (Å²) in [5, 5.41) is 0. The predicted molar refractivity (Wildman–Crippen MR) is 67.2 cm³/mol. The van der Waals surface area contributed by atoms with Gasteiger partial charge >= 0.3 is 0 Å². The third-order valence-corrected chi connectivity index (χ3v) is 4.80. The van der Waals surface area contributed by atoms with E-state index in [-0.39, 0.29) is 0 Å². The molecule has 1 nitrogen and oxygen atoms in total. The fourth-order valence-electron chi connectivity index (χ4n) is 2.95. The molecule has 1 aromatic carbocycles. The highest BCUT2D eigenvalue weighted by atomic mass is 79.9. The summed E-state index contributed by atoms with van der Waals surface area (Å²) in [5.74, 6) is 2.59. The zero-order valence-corrected chi connectivity index (χ0v) is 10.7. The minimum absolute atomic E-state index is 0.357. The van der Waals surface area contributed by atoms with E-state index >= 15 is 0 Å². The van der Waals surface area contributed by atoms with Gasteiger partial charge in [-0.05, 0) is 42.7 Å². The molecule has 1 aromatic rings. The summed E-state index contributed by atoms with van der Waals surface area (Å²) in [6.07, 6.45) is 4.31. The molecular formula is C14H15BrO. The van der Waals surface area contributed by atoms with Crippen LogP contribution in [-0.2, 0) is 11.2 Å². The molecule has 2 atom stereocenters. The molecule has 0 N–H and O–H groups in total. The maximum Gasteiger partial charge on any atom is 0.140 e. The second-order valence-electron chi connectivity index (χ2n) is 5.16. The molecule has 0 aromatic heterocycles. The second kappa shape index (κ2) is 3.99. The van der Waals surface area contributed by atoms with E-state index in [1.54, 1.807) is 0 Å². The monoisotopic (exact) mass is 278 g/mol. The molecule has 16 heavy (non-hydrogen) atoms. The van der Waals surface area contributed by atoms with Crippen molar-refractivity contribution in [3.63, 3.8) is 0 Å². The molecule has 0 heterocycles. The molecule has 0 spiro atoms. The molecule has 2 saturated carbocycles. The van der Waals surface area contributed by atoms with Crippen LogP contribution in [0.4, 0.5) is 0 Å². The van der Waals surface area contributed by atoms with Crippen molar-refractivity contribution in [2.24, 2.45) is 17.8 Å². The van der Waals surface area contributed by atoms with Gasteiger partial charge in [0.2, 0.25) is 0 Å². The van der Waals surface area contributed by atoms with Gasteiger partial charge in [-0.3, -0.25) is 4.79 Å². The zero-order chi connectivity index (χ0) is 11.1. The number of rotatable bonds is 3. The highest BCUT2D eigenvalue weighted by molar-refractivity contribution is 9.10. The van der Waals surface area contributed by atoms with E-state index in [1.807, 2.05) is 24.3 Å². The van der Waals surface area contributed by atoms with Gasteiger partial charge in [0.15, 0.2) is 0 Å². The van der Waals surface area contributed by atoms with Crippen LogP contribution in [0.3, 0.4) is 0 Å². The Morgan fingerprint density at radius 2 is 1.88 bits per heavy atom. The van der Waals surface area contributed by atoms with Crippen LogP contribution >= 0.6 is 15.9 Å². The van der Waals surface area contributed by atoms with Crippen LogP contribution in [0.15, 0.2) is 28.7 Å². The second-order valence-corrected chi connectivity index (χ2v) is 6.01. The Labute approximate surface area is 104 Å². The Balaban J connectivity index is 1.66. The van der Waals surface area contributed by atoms with Crippen molar-refractivity contribution in [3.05, 3.63) is 34.3 Å². The Hall–Kier alpha value is -0.630. The fourth-order valence-corrected chi connectivity index (χ4v) is 3.38. The molecule has 0 saturated heterocycles. The van der Waals surface area contributed by atoms with Gasteiger partial charge in [-0.25, -0.2) is 0 Å². The van der Waals surface area contributed by atoms with Gasteiger partial charge in [0, 0.05) is 16.8 Å². The Bertz CT molecular complexity index is 416. The minimum Gasteiger partial charge on any atom is -0.299 e. The van der Waals surface area contributed by atoms with Gasteiger partial charge in [0.1, 0.15) is 5.78 Å². The van der Waals surface area contributed by atoms with Crippen molar-refractivity contribution < 1.29 is 4.79 Å². The van der Waals surface area contributed by atoms with E-state index in [2.05, 4.69) is 15.9 Å². The van der Waals surface area contributed by atoms with E-state index in [0.717, 1.165) is 34.7 Å². The molecule has 2 aliphatic carbocycles. The van der Waals surface area contributed by atoms with Crippen molar-refractivity contribution in [1.82, 2.24) is 0 Å². The lowest BCUT2D eigenvalue weighted by Crippen LogP contribution is -2.15. The number of Topliss-reactive ketones (excluding diaryl/α,β-unsaturated/α-hetero) is 1. The summed E-state index contributed by atoms with van der Waals surface area (Å²) in [5.41, 5.74) is 1.13. The average Bonchev–Trinajstić information content (AvgIpc) is 2.89. The lowest BCUT2D eigenvalue weighted by molar-refractivity contribution is -0.122. The summed E-state index contributed by atoms with van der Waals surface area (Å²) in [6.45, 7) is 0. The fraction of sp³-hybridized carbons (Fsp3) is 0.500. The third kappa shape index (κ3) is 1.95. The summed E-state index contributed by atoms with van der Waals surface area (Å²) >= 11 is 3.50. The number of hydrogen-bond donors (Lipinski definition) is 0. The van der Waals surface area contributed by atoms with Crippen LogP contribution in [-0.4, -0.2) is 5.78 Å². The van der Waals surface area contributed by atoms with Crippen molar-refractivity contribution in [3.8, 4) is 0 Å². The van der Waals surface area contributed by atoms with Gasteiger partial charge in [-0.2, -0.15) is 0 Å². The number of carbonyl (C=O) groups is 1. The molecule has 3 rings (SSSR count). The van der Waals surface area contributed by atoms with Gasteiger partial charge < -0.3 is 0 Å². The maximum absolute atomic E-state index is 12.1. The normalized spacial score (nSPS) is 31.2. The van der Waals surface area contributed by atoms with Crippen molar-refractivity contribution >= 4 is 21.7 Å². The number of benzene rings is 1. The molecule has 0 amide bonds. The SMILES string of the molecule is O=C(Cc1ccccc1Br)C1CC2CC2C1. The van der Waals surface area contributed by atoms with Crippen molar-refractivity contribution in [1.29, 1.82) is 0 Å². The molecule has 2 aliphatic rings. The van der Waals surface area contributed by atoms with E-state index in [4.69, 9.17) is 0 Å². The lowest BCUT2D eigenvalue weighted by Gasteiger charge is -2.11. The Morgan fingerprint density at radius 1 is 1.19 bits per heavy atom. The van der Waals surface area contributed by atoms with Crippen LogP contribution in [0.5, 0.6) is 0 Å². The molecular weight excluding hydrogens is 264 g/mol. The van der Waals surface area contributed by atoms with Gasteiger partial charge in [0.05, 0.1) is 0 Å². The number of hydrogen-bond acceptors (Lipinski definition) is 1. The third-order valence-electron chi connectivity index (χ3n) is 4.02. The quantitative estimate of drug-likeness (QED) is 0.826. The first-order valence-electron chi connectivity index (χ1n) is 6.00. The first-order valence-corrected chi connectivity index (χ1v) is 6.79. The van der Waals surface area contributed by atoms with Crippen LogP contribution in [0.2, 0.25) is 0 Å². The van der Waals surface area contributed by atoms with Gasteiger partial charge in [0.25, 0.3) is 0 Å². The molecule has 0 radical (unpaired) electrons. The average molecular weight is 279 g/mol. The van der Waals surface area contributed by atoms with Gasteiger partial charge in [-0.15, -0.1) is 0 Å². The molecule has 0 aliphatic heterocycles. The summed E-state index contributed by atoms with van der Waals surface area (Å²) < 4.78 is 1.06. The number of ketones is 1. The van der Waals surface area contributed by atoms with Crippen LogP contribution in [0.1, 0.15) is 24.8 Å². The molecule has 2 fully saturated rings. The first kappa shape index (κ1) is 10.5. The van der Waals surface area contributed by atoms with Gasteiger partial charge in [-0.1, -0.05) is 34.1 Å². The van der Waals surface area contributed by atoms with Crippen molar-refractivity contribution in [2.45, 2.75) is 25.7 Å². The highest BCUT2D eigenvalue weighted by Crippen LogP contribution is 2.54. The van der Waals surface area contributed by atoms with E-state index < -0.39 is 0 Å². The highest BCUT2D eigenvalue weighted by Gasteiger charge is 2.47. The van der Waals surface area contributed by atoms with Crippen molar-refractivity contribution in [2.75, 3.05) is 0 Å². The van der Waals surface area contributed by atoms with Crippen LogP contribution in [0, 0.1) is 17.8 Å². The molecule has 84 valence electrons. The molecule has 2 heteroatoms. The largest absolute Gasteiger partial charge is 0.299 e. The van der Waals surface area contributed by atoms with Crippen LogP contribution in [0.25, 0.3) is 0 Å². The zero-order valence-electron chi connectivity index (χ0n) is 9.16. The summed E-state index contributed by atoms with van der Waals surface area (Å²) in [6, 6.07) is 8.04. The number of carbonyl (C=O) groups excluding carboxylic acids is 1. The number of halogens is 1. The molecule has 0 bridgehead atoms. The summed E-state index contributed by atoms with van der Waals surface area (Å²) in [4.78, 5) is 12.1. The molecule has 2 unspecified atom stereocenters. The smallest absolute Gasteiger partial charge is 0.140 e. The van der Waals surface area contributed by atoms with E-state index in [9.17, 15) is 4.79 Å². The minimum atomic E-state index is 0.357. The Kier molecular flexibility index (Phi) is 2.62. The van der Waals surface area contributed by atoms with Crippen LogP contribution < -0.4 is 0 Å². The van der Waals surface area contributed by atoms with E-state index in [1.165, 1.54) is 6.42 Å². The van der Waals surface area contributed by atoms with E-state index in [0.29, 0.717) is 18.1 Å². The standard InChI is InChI=1S/C14H15BrO/c15-13-4-2-1-3-9(13)8-14(16)12-6-10-5-11(10)7-12/h1-4,10-12H,5-8H2. The Morgan fingerprint density at radius 3 is 2.56 bits per heavy atom. The summed E-state index contributed by atoms with van der Waals surface area (Å²) in [7, 11) is 0. The number of fused-ring (bicyclic) bond motifs is 1.